The number of halogens is 1. The molecule has 0 saturated carbocycles. The molecule has 1 heterocycles. The van der Waals surface area contributed by atoms with E-state index in [0.29, 0.717) is 0 Å². The van der Waals surface area contributed by atoms with E-state index in [0.717, 1.165) is 10.6 Å². The largest absolute Gasteiger partial charge is 0.478 e. The van der Waals surface area contributed by atoms with E-state index in [4.69, 9.17) is 9.84 Å². The molecular formula is C13H19FN2O4. The van der Waals surface area contributed by atoms with E-state index in [1.165, 1.54) is 6.20 Å². The molecule has 20 heavy (non-hydrogen) atoms. The number of alkyl carbamates (subject to hydrolysis) is 1. The first-order chi connectivity index (χ1) is 9.08. The molecule has 1 amide bonds. The van der Waals surface area contributed by atoms with Gasteiger partial charge in [0.15, 0.2) is 5.95 Å². The SMILES string of the molecule is C[C@@H](Cn1cc(C(=O)O)cc1F)NC(=O)OC(C)(C)C. The number of carbonyl (C=O) groups excluding carboxylic acids is 1. The Bertz CT molecular complexity index is 505. The molecule has 0 spiro atoms. The molecule has 2 N–H and O–H groups in total. The molecule has 7 heteroatoms. The molecule has 0 unspecified atom stereocenters. The molecular weight excluding hydrogens is 267 g/mol. The van der Waals surface area contributed by atoms with Crippen molar-refractivity contribution in [2.75, 3.05) is 0 Å². The zero-order chi connectivity index (χ0) is 15.5. The van der Waals surface area contributed by atoms with E-state index in [2.05, 4.69) is 5.32 Å². The van der Waals surface area contributed by atoms with Crippen LogP contribution in [0.15, 0.2) is 12.3 Å². The van der Waals surface area contributed by atoms with E-state index in [9.17, 15) is 14.0 Å². The number of carboxylic acids is 1. The highest BCUT2D eigenvalue weighted by molar-refractivity contribution is 5.87. The Hall–Kier alpha value is -2.05. The molecule has 1 rings (SSSR count). The maximum absolute atomic E-state index is 13.5. The minimum absolute atomic E-state index is 0.109. The first kappa shape index (κ1) is 16.0. The van der Waals surface area contributed by atoms with Crippen molar-refractivity contribution in [1.82, 2.24) is 9.88 Å². The van der Waals surface area contributed by atoms with Gasteiger partial charge in [-0.2, -0.15) is 4.39 Å². The first-order valence-electron chi connectivity index (χ1n) is 6.17. The predicted molar refractivity (Wildman–Crippen MR) is 70.2 cm³/mol. The topological polar surface area (TPSA) is 80.6 Å². The Morgan fingerprint density at radius 2 is 2.10 bits per heavy atom. The minimum Gasteiger partial charge on any atom is -0.478 e. The summed E-state index contributed by atoms with van der Waals surface area (Å²) in [5.41, 5.74) is -0.745. The zero-order valence-corrected chi connectivity index (χ0v) is 11.9. The fourth-order valence-electron chi connectivity index (χ4n) is 1.58. The van der Waals surface area contributed by atoms with Gasteiger partial charge in [-0.25, -0.2) is 9.59 Å². The smallest absolute Gasteiger partial charge is 0.407 e. The van der Waals surface area contributed by atoms with Crippen LogP contribution in [0.4, 0.5) is 9.18 Å². The van der Waals surface area contributed by atoms with Crippen LogP contribution in [-0.2, 0) is 11.3 Å². The number of amides is 1. The Labute approximate surface area is 116 Å². The summed E-state index contributed by atoms with van der Waals surface area (Å²) in [6, 6.07) is 0.524. The van der Waals surface area contributed by atoms with Crippen LogP contribution in [0.2, 0.25) is 0 Å². The molecule has 0 bridgehead atoms. The third-order valence-corrected chi connectivity index (χ3v) is 2.32. The molecule has 6 nitrogen and oxygen atoms in total. The number of aromatic nitrogens is 1. The second kappa shape index (κ2) is 5.94. The lowest BCUT2D eigenvalue weighted by Gasteiger charge is -2.22. The van der Waals surface area contributed by atoms with Gasteiger partial charge in [-0.15, -0.1) is 0 Å². The van der Waals surface area contributed by atoms with Crippen LogP contribution in [0.1, 0.15) is 38.1 Å². The highest BCUT2D eigenvalue weighted by Gasteiger charge is 2.19. The summed E-state index contributed by atoms with van der Waals surface area (Å²) in [4.78, 5) is 22.2. The number of aromatic carboxylic acids is 1. The monoisotopic (exact) mass is 286 g/mol. The number of carboxylic acid groups (broad SMARTS) is 1. The van der Waals surface area contributed by atoms with Crippen molar-refractivity contribution in [2.45, 2.75) is 45.9 Å². The van der Waals surface area contributed by atoms with Crippen molar-refractivity contribution in [3.8, 4) is 0 Å². The third kappa shape index (κ3) is 4.91. The van der Waals surface area contributed by atoms with Crippen LogP contribution in [0, 0.1) is 5.95 Å². The zero-order valence-electron chi connectivity index (χ0n) is 11.9. The number of hydrogen-bond acceptors (Lipinski definition) is 3. The summed E-state index contributed by atoms with van der Waals surface area (Å²) >= 11 is 0. The Morgan fingerprint density at radius 1 is 1.50 bits per heavy atom. The maximum atomic E-state index is 13.5. The van der Waals surface area contributed by atoms with Crippen LogP contribution in [0.3, 0.4) is 0 Å². The minimum atomic E-state index is -1.20. The van der Waals surface area contributed by atoms with Crippen LogP contribution in [0.5, 0.6) is 0 Å². The van der Waals surface area contributed by atoms with Gasteiger partial charge in [-0.1, -0.05) is 0 Å². The summed E-state index contributed by atoms with van der Waals surface area (Å²) in [5, 5.41) is 11.3. The standard InChI is InChI=1S/C13H19FN2O4/c1-8(15-12(19)20-13(2,3)4)6-16-7-9(11(17)18)5-10(16)14/h5,7-8H,6H2,1-4H3,(H,15,19)(H,17,18)/t8-/m0/s1. The molecule has 1 aromatic heterocycles. The van der Waals surface area contributed by atoms with Gasteiger partial charge < -0.3 is 19.7 Å². The molecule has 0 aliphatic heterocycles. The Kier molecular flexibility index (Phi) is 4.75. The van der Waals surface area contributed by atoms with E-state index < -0.39 is 29.7 Å². The van der Waals surface area contributed by atoms with Gasteiger partial charge in [0.25, 0.3) is 0 Å². The number of rotatable bonds is 4. The van der Waals surface area contributed by atoms with Crippen LogP contribution in [-0.4, -0.2) is 33.4 Å². The van der Waals surface area contributed by atoms with Crippen molar-refractivity contribution in [2.24, 2.45) is 0 Å². The van der Waals surface area contributed by atoms with Crippen LogP contribution >= 0.6 is 0 Å². The lowest BCUT2D eigenvalue weighted by atomic mass is 10.2. The molecule has 0 aromatic carbocycles. The molecule has 0 aliphatic carbocycles. The Morgan fingerprint density at radius 3 is 2.55 bits per heavy atom. The van der Waals surface area contributed by atoms with Gasteiger partial charge in [-0.05, 0) is 27.7 Å². The summed E-state index contributed by atoms with van der Waals surface area (Å²) in [6.45, 7) is 6.99. The predicted octanol–water partition coefficient (Wildman–Crippen LogP) is 2.24. The highest BCUT2D eigenvalue weighted by Crippen LogP contribution is 2.09. The molecule has 0 aliphatic rings. The first-order valence-corrected chi connectivity index (χ1v) is 6.17. The normalized spacial score (nSPS) is 12.8. The Balaban J connectivity index is 2.60. The summed E-state index contributed by atoms with van der Waals surface area (Å²) in [7, 11) is 0. The number of ether oxygens (including phenoxy) is 1. The van der Waals surface area contributed by atoms with Gasteiger partial charge in [0.2, 0.25) is 0 Å². The molecule has 0 radical (unpaired) electrons. The lowest BCUT2D eigenvalue weighted by molar-refractivity contribution is 0.0502. The number of nitrogens with one attached hydrogen (secondary N) is 1. The van der Waals surface area contributed by atoms with Crippen molar-refractivity contribution < 1.29 is 23.8 Å². The second-order valence-electron chi connectivity index (χ2n) is 5.56. The fraction of sp³-hybridized carbons (Fsp3) is 0.538. The lowest BCUT2D eigenvalue weighted by Crippen LogP contribution is -2.39. The third-order valence-electron chi connectivity index (χ3n) is 2.32. The molecule has 1 atom stereocenters. The number of carbonyl (C=O) groups is 2. The fourth-order valence-corrected chi connectivity index (χ4v) is 1.58. The van der Waals surface area contributed by atoms with E-state index in [1.54, 1.807) is 27.7 Å². The molecule has 0 fully saturated rings. The van der Waals surface area contributed by atoms with Gasteiger partial charge in [0.1, 0.15) is 5.60 Å². The summed E-state index contributed by atoms with van der Waals surface area (Å²) in [6.07, 6.45) is 0.585. The van der Waals surface area contributed by atoms with Crippen molar-refractivity contribution in [3.63, 3.8) is 0 Å². The van der Waals surface area contributed by atoms with E-state index in [-0.39, 0.29) is 12.1 Å². The average molecular weight is 286 g/mol. The van der Waals surface area contributed by atoms with Crippen molar-refractivity contribution in [1.29, 1.82) is 0 Å². The van der Waals surface area contributed by atoms with Gasteiger partial charge in [0.05, 0.1) is 5.56 Å². The average Bonchev–Trinajstić information content (AvgIpc) is 2.57. The summed E-state index contributed by atoms with van der Waals surface area (Å²) in [5.74, 6) is -1.87. The number of nitrogens with zero attached hydrogens (tertiary/aromatic N) is 1. The van der Waals surface area contributed by atoms with Gasteiger partial charge in [0, 0.05) is 24.8 Å². The molecule has 112 valence electrons. The number of hydrogen-bond donors (Lipinski definition) is 2. The quantitative estimate of drug-likeness (QED) is 0.889. The van der Waals surface area contributed by atoms with Crippen molar-refractivity contribution >= 4 is 12.1 Å². The molecule has 1 aromatic rings. The van der Waals surface area contributed by atoms with Crippen molar-refractivity contribution in [3.05, 3.63) is 23.8 Å². The highest BCUT2D eigenvalue weighted by atomic mass is 19.1. The van der Waals surface area contributed by atoms with Crippen LogP contribution < -0.4 is 5.32 Å². The van der Waals surface area contributed by atoms with E-state index >= 15 is 0 Å². The second-order valence-corrected chi connectivity index (χ2v) is 5.56. The molecule has 0 saturated heterocycles. The van der Waals surface area contributed by atoms with Gasteiger partial charge >= 0.3 is 12.1 Å². The van der Waals surface area contributed by atoms with E-state index in [1.807, 2.05) is 0 Å². The van der Waals surface area contributed by atoms with Crippen LogP contribution in [0.25, 0.3) is 0 Å². The summed E-state index contributed by atoms with van der Waals surface area (Å²) < 4.78 is 19.7. The maximum Gasteiger partial charge on any atom is 0.407 e. The van der Waals surface area contributed by atoms with Gasteiger partial charge in [-0.3, -0.25) is 0 Å².